The van der Waals surface area contributed by atoms with Crippen molar-refractivity contribution in [3.05, 3.63) is 45.7 Å². The molecule has 1 N–H and O–H groups in total. The number of anilines is 2. The number of nitrogens with one attached hydrogen (secondary N) is 1. The van der Waals surface area contributed by atoms with Crippen LogP contribution in [0.25, 0.3) is 0 Å². The minimum atomic E-state index is -0.166. The Balaban J connectivity index is 1.83. The van der Waals surface area contributed by atoms with E-state index in [0.29, 0.717) is 48.5 Å². The molecule has 0 aliphatic carbocycles. The normalized spacial score (nSPS) is 14.2. The Labute approximate surface area is 163 Å². The molecule has 0 radical (unpaired) electrons. The third-order valence-electron chi connectivity index (χ3n) is 4.49. The molecule has 7 nitrogen and oxygen atoms in total. The first kappa shape index (κ1) is 19.1. The zero-order valence-electron chi connectivity index (χ0n) is 15.6. The second-order valence-electron chi connectivity index (χ2n) is 6.72. The number of benzene rings is 1. The molecule has 1 fully saturated rings. The number of piperazine rings is 1. The molecule has 1 aliphatic rings. The van der Waals surface area contributed by atoms with E-state index in [2.05, 4.69) is 15.3 Å². The van der Waals surface area contributed by atoms with Gasteiger partial charge in [-0.25, -0.2) is 9.97 Å². The highest BCUT2D eigenvalue weighted by Crippen LogP contribution is 2.29. The number of amides is 2. The van der Waals surface area contributed by atoms with Crippen LogP contribution in [0.2, 0.25) is 5.02 Å². The van der Waals surface area contributed by atoms with Crippen LogP contribution in [0.1, 0.15) is 27.3 Å². The number of hydrogen-bond donors (Lipinski definition) is 1. The van der Waals surface area contributed by atoms with Gasteiger partial charge in [0.25, 0.3) is 5.91 Å². The maximum atomic E-state index is 12.8. The molecule has 0 unspecified atom stereocenters. The average Bonchev–Trinajstić information content (AvgIpc) is 2.63. The van der Waals surface area contributed by atoms with Crippen LogP contribution in [0.15, 0.2) is 18.2 Å². The SMILES string of the molecule is Cc1cc(C)c(Nc2nc(C)cc(C(=O)N3CCN(C=O)CC3)n2)c(Cl)c1. The van der Waals surface area contributed by atoms with Gasteiger partial charge in [0, 0.05) is 31.9 Å². The Morgan fingerprint density at radius 1 is 1.11 bits per heavy atom. The number of aromatic nitrogens is 2. The summed E-state index contributed by atoms with van der Waals surface area (Å²) in [6.07, 6.45) is 0.812. The molecule has 2 heterocycles. The lowest BCUT2D eigenvalue weighted by Crippen LogP contribution is -2.48. The van der Waals surface area contributed by atoms with Gasteiger partial charge >= 0.3 is 0 Å². The van der Waals surface area contributed by atoms with Crippen LogP contribution in [0.4, 0.5) is 11.6 Å². The molecular weight excluding hydrogens is 366 g/mol. The lowest BCUT2D eigenvalue weighted by molar-refractivity contribution is -0.119. The summed E-state index contributed by atoms with van der Waals surface area (Å²) in [6, 6.07) is 5.55. The quantitative estimate of drug-likeness (QED) is 0.816. The van der Waals surface area contributed by atoms with Gasteiger partial charge in [0.05, 0.1) is 10.7 Å². The third-order valence-corrected chi connectivity index (χ3v) is 4.79. The summed E-state index contributed by atoms with van der Waals surface area (Å²) in [5.74, 6) is 0.166. The van der Waals surface area contributed by atoms with E-state index in [1.54, 1.807) is 15.9 Å². The number of nitrogens with zero attached hydrogens (tertiary/aromatic N) is 4. The van der Waals surface area contributed by atoms with Gasteiger partial charge in [-0.05, 0) is 44.0 Å². The van der Waals surface area contributed by atoms with Crippen molar-refractivity contribution in [2.24, 2.45) is 0 Å². The highest BCUT2D eigenvalue weighted by Gasteiger charge is 2.23. The summed E-state index contributed by atoms with van der Waals surface area (Å²) < 4.78 is 0. The Morgan fingerprint density at radius 2 is 1.81 bits per heavy atom. The molecule has 1 aliphatic heterocycles. The van der Waals surface area contributed by atoms with E-state index in [9.17, 15) is 9.59 Å². The number of carbonyl (C=O) groups is 2. The molecule has 3 rings (SSSR count). The van der Waals surface area contributed by atoms with Crippen molar-refractivity contribution in [2.45, 2.75) is 20.8 Å². The molecule has 0 bridgehead atoms. The molecule has 27 heavy (non-hydrogen) atoms. The van der Waals surface area contributed by atoms with Crippen LogP contribution in [0.5, 0.6) is 0 Å². The fourth-order valence-corrected chi connectivity index (χ4v) is 3.48. The van der Waals surface area contributed by atoms with Crippen LogP contribution in [-0.4, -0.2) is 58.3 Å². The van der Waals surface area contributed by atoms with Crippen molar-refractivity contribution in [1.82, 2.24) is 19.8 Å². The van der Waals surface area contributed by atoms with Gasteiger partial charge < -0.3 is 15.1 Å². The van der Waals surface area contributed by atoms with E-state index in [1.165, 1.54) is 0 Å². The van der Waals surface area contributed by atoms with Gasteiger partial charge in [0.2, 0.25) is 12.4 Å². The number of hydrogen-bond acceptors (Lipinski definition) is 5. The smallest absolute Gasteiger partial charge is 0.272 e. The van der Waals surface area contributed by atoms with Gasteiger partial charge in [-0.2, -0.15) is 0 Å². The summed E-state index contributed by atoms with van der Waals surface area (Å²) in [6.45, 7) is 7.80. The average molecular weight is 388 g/mol. The van der Waals surface area contributed by atoms with Crippen LogP contribution >= 0.6 is 11.6 Å². The van der Waals surface area contributed by atoms with Crippen LogP contribution < -0.4 is 5.32 Å². The molecule has 8 heteroatoms. The molecule has 1 aromatic heterocycles. The fourth-order valence-electron chi connectivity index (χ4n) is 3.11. The zero-order valence-corrected chi connectivity index (χ0v) is 16.4. The molecule has 2 aromatic rings. The Hall–Kier alpha value is -2.67. The Bertz CT molecular complexity index is 855. The maximum Gasteiger partial charge on any atom is 0.272 e. The monoisotopic (exact) mass is 387 g/mol. The summed E-state index contributed by atoms with van der Waals surface area (Å²) in [5.41, 5.74) is 3.78. The molecule has 0 atom stereocenters. The van der Waals surface area contributed by atoms with Crippen molar-refractivity contribution >= 4 is 35.6 Å². The Kier molecular flexibility index (Phi) is 5.60. The van der Waals surface area contributed by atoms with Gasteiger partial charge in [-0.15, -0.1) is 0 Å². The first-order valence-corrected chi connectivity index (χ1v) is 9.13. The third kappa shape index (κ3) is 4.36. The van der Waals surface area contributed by atoms with Crippen molar-refractivity contribution in [1.29, 1.82) is 0 Å². The summed E-state index contributed by atoms with van der Waals surface area (Å²) in [5, 5.41) is 3.72. The lowest BCUT2D eigenvalue weighted by atomic mass is 10.1. The lowest BCUT2D eigenvalue weighted by Gasteiger charge is -2.32. The molecular formula is C19H22ClN5O2. The largest absolute Gasteiger partial charge is 0.342 e. The number of halogens is 1. The van der Waals surface area contributed by atoms with Gasteiger partial charge in [-0.1, -0.05) is 17.7 Å². The first-order valence-electron chi connectivity index (χ1n) is 8.75. The molecule has 142 valence electrons. The molecule has 0 saturated carbocycles. The van der Waals surface area contributed by atoms with Gasteiger partial charge in [0.1, 0.15) is 5.69 Å². The molecule has 2 amide bonds. The standard InChI is InChI=1S/C19H22ClN5O2/c1-12-8-13(2)17(15(20)9-12)23-19-21-14(3)10-16(22-19)18(27)25-6-4-24(11-26)5-7-25/h8-11H,4-7H2,1-3H3,(H,21,22,23). The van der Waals surface area contributed by atoms with Crippen LogP contribution in [0.3, 0.4) is 0 Å². The minimum Gasteiger partial charge on any atom is -0.342 e. The van der Waals surface area contributed by atoms with E-state index in [0.717, 1.165) is 23.2 Å². The van der Waals surface area contributed by atoms with Gasteiger partial charge in [0.15, 0.2) is 0 Å². The Morgan fingerprint density at radius 3 is 2.44 bits per heavy atom. The second kappa shape index (κ2) is 7.92. The highest BCUT2D eigenvalue weighted by molar-refractivity contribution is 6.33. The van der Waals surface area contributed by atoms with E-state index in [1.807, 2.05) is 32.9 Å². The van der Waals surface area contributed by atoms with E-state index in [4.69, 9.17) is 11.6 Å². The van der Waals surface area contributed by atoms with E-state index in [-0.39, 0.29) is 5.91 Å². The zero-order chi connectivity index (χ0) is 19.6. The minimum absolute atomic E-state index is 0.166. The van der Waals surface area contributed by atoms with E-state index < -0.39 is 0 Å². The fraction of sp³-hybridized carbons (Fsp3) is 0.368. The van der Waals surface area contributed by atoms with Crippen LogP contribution in [0, 0.1) is 20.8 Å². The maximum absolute atomic E-state index is 12.8. The number of aryl methyl sites for hydroxylation is 3. The number of carbonyl (C=O) groups excluding carboxylic acids is 2. The van der Waals surface area contributed by atoms with Crippen molar-refractivity contribution in [3.63, 3.8) is 0 Å². The highest BCUT2D eigenvalue weighted by atomic mass is 35.5. The summed E-state index contributed by atoms with van der Waals surface area (Å²) >= 11 is 6.35. The summed E-state index contributed by atoms with van der Waals surface area (Å²) in [7, 11) is 0. The second-order valence-corrected chi connectivity index (χ2v) is 7.12. The molecule has 0 spiro atoms. The van der Waals surface area contributed by atoms with Crippen molar-refractivity contribution in [3.8, 4) is 0 Å². The predicted octanol–water partition coefficient (Wildman–Crippen LogP) is 2.71. The van der Waals surface area contributed by atoms with Crippen molar-refractivity contribution < 1.29 is 9.59 Å². The van der Waals surface area contributed by atoms with Crippen molar-refractivity contribution in [2.75, 3.05) is 31.5 Å². The van der Waals surface area contributed by atoms with E-state index >= 15 is 0 Å². The van der Waals surface area contributed by atoms with Gasteiger partial charge in [-0.3, -0.25) is 9.59 Å². The molecule has 1 aromatic carbocycles. The number of rotatable bonds is 4. The molecule has 1 saturated heterocycles. The van der Waals surface area contributed by atoms with Crippen LogP contribution in [-0.2, 0) is 4.79 Å². The first-order chi connectivity index (χ1) is 12.9. The topological polar surface area (TPSA) is 78.4 Å². The summed E-state index contributed by atoms with van der Waals surface area (Å²) in [4.78, 5) is 35.8. The predicted molar refractivity (Wildman–Crippen MR) is 105 cm³/mol.